The zero-order chi connectivity index (χ0) is 10.6. The van der Waals surface area contributed by atoms with E-state index in [4.69, 9.17) is 7.85 Å². The van der Waals surface area contributed by atoms with Gasteiger partial charge in [0.05, 0.1) is 0 Å². The number of aryl methyl sites for hydroxylation is 1. The van der Waals surface area contributed by atoms with Crippen LogP contribution in [0, 0.1) is 6.92 Å². The molecule has 0 aliphatic heterocycles. The third-order valence-corrected chi connectivity index (χ3v) is 2.52. The summed E-state index contributed by atoms with van der Waals surface area (Å²) in [6.45, 7) is 7.40. The average molecular weight is 187 g/mol. The Labute approximate surface area is 88.3 Å². The van der Waals surface area contributed by atoms with Crippen molar-refractivity contribution in [3.05, 3.63) is 29.3 Å². The topological polar surface area (TPSA) is 12.0 Å². The van der Waals surface area contributed by atoms with E-state index in [0.717, 1.165) is 24.0 Å². The van der Waals surface area contributed by atoms with Crippen LogP contribution in [0.25, 0.3) is 0 Å². The molecule has 0 unspecified atom stereocenters. The lowest BCUT2D eigenvalue weighted by Gasteiger charge is -2.17. The molecule has 2 radical (unpaired) electrons. The first-order valence-corrected chi connectivity index (χ1v) is 5.25. The van der Waals surface area contributed by atoms with Gasteiger partial charge in [0.2, 0.25) is 0 Å². The molecule has 74 valence electrons. The Hall–Kier alpha value is -0.755. The number of benzene rings is 1. The van der Waals surface area contributed by atoms with Crippen molar-refractivity contribution in [2.24, 2.45) is 0 Å². The highest BCUT2D eigenvalue weighted by Gasteiger charge is 2.07. The van der Waals surface area contributed by atoms with Gasteiger partial charge in [-0.05, 0) is 32.4 Å². The summed E-state index contributed by atoms with van der Waals surface area (Å²) < 4.78 is 0. The van der Waals surface area contributed by atoms with E-state index < -0.39 is 0 Å². The van der Waals surface area contributed by atoms with E-state index in [1.54, 1.807) is 0 Å². The normalized spacial score (nSPS) is 12.8. The van der Waals surface area contributed by atoms with Crippen molar-refractivity contribution in [3.8, 4) is 0 Å². The lowest BCUT2D eigenvalue weighted by atomic mass is 9.84. The van der Waals surface area contributed by atoms with E-state index in [2.05, 4.69) is 31.3 Å². The van der Waals surface area contributed by atoms with Crippen LogP contribution in [0.2, 0.25) is 0 Å². The first kappa shape index (κ1) is 11.3. The Morgan fingerprint density at radius 1 is 1.43 bits per heavy atom. The van der Waals surface area contributed by atoms with Gasteiger partial charge in [0.1, 0.15) is 7.85 Å². The minimum Gasteiger partial charge on any atom is -0.310 e. The highest BCUT2D eigenvalue weighted by atomic mass is 14.9. The zero-order valence-corrected chi connectivity index (χ0v) is 9.30. The molecule has 0 spiro atoms. The van der Waals surface area contributed by atoms with Gasteiger partial charge in [-0.1, -0.05) is 36.1 Å². The molecule has 0 aliphatic rings. The van der Waals surface area contributed by atoms with Crippen LogP contribution in [-0.4, -0.2) is 14.4 Å². The summed E-state index contributed by atoms with van der Waals surface area (Å²) in [6, 6.07) is 6.54. The number of rotatable bonds is 4. The second-order valence-electron chi connectivity index (χ2n) is 3.75. The summed E-state index contributed by atoms with van der Waals surface area (Å²) in [5.74, 6) is 0. The van der Waals surface area contributed by atoms with E-state index in [-0.39, 0.29) is 0 Å². The van der Waals surface area contributed by atoms with Crippen LogP contribution in [-0.2, 0) is 0 Å². The van der Waals surface area contributed by atoms with E-state index in [0.29, 0.717) is 6.04 Å². The Balaban J connectivity index is 2.79. The fraction of sp³-hybridized carbons (Fsp3) is 0.500. The predicted molar refractivity (Wildman–Crippen MR) is 63.3 cm³/mol. The van der Waals surface area contributed by atoms with Gasteiger partial charge in [0, 0.05) is 6.04 Å². The van der Waals surface area contributed by atoms with Crippen molar-refractivity contribution in [1.29, 1.82) is 0 Å². The van der Waals surface area contributed by atoms with Gasteiger partial charge in [-0.2, -0.15) is 0 Å². The van der Waals surface area contributed by atoms with Crippen molar-refractivity contribution < 1.29 is 0 Å². The van der Waals surface area contributed by atoms with Gasteiger partial charge < -0.3 is 5.32 Å². The average Bonchev–Trinajstić information content (AvgIpc) is 2.18. The van der Waals surface area contributed by atoms with Gasteiger partial charge in [0.25, 0.3) is 0 Å². The molecule has 1 aromatic carbocycles. The SMILES string of the molecule is [B]c1c(C)cccc1[C@@H](C)NCCC. The van der Waals surface area contributed by atoms with E-state index in [1.807, 2.05) is 13.0 Å². The molecule has 1 atom stereocenters. The summed E-state index contributed by atoms with van der Waals surface area (Å²) >= 11 is 0. The van der Waals surface area contributed by atoms with Crippen LogP contribution < -0.4 is 10.8 Å². The Bertz CT molecular complexity index is 296. The zero-order valence-electron chi connectivity index (χ0n) is 9.30. The Morgan fingerprint density at radius 2 is 2.14 bits per heavy atom. The lowest BCUT2D eigenvalue weighted by Crippen LogP contribution is -2.26. The van der Waals surface area contributed by atoms with Crippen LogP contribution in [0.5, 0.6) is 0 Å². The third kappa shape index (κ3) is 2.61. The largest absolute Gasteiger partial charge is 0.310 e. The fourth-order valence-electron chi connectivity index (χ4n) is 1.55. The van der Waals surface area contributed by atoms with Crippen molar-refractivity contribution in [2.45, 2.75) is 33.2 Å². The van der Waals surface area contributed by atoms with Crippen LogP contribution in [0.1, 0.15) is 37.4 Å². The van der Waals surface area contributed by atoms with Gasteiger partial charge >= 0.3 is 0 Å². The molecule has 0 fully saturated rings. The van der Waals surface area contributed by atoms with Gasteiger partial charge in [-0.25, -0.2) is 0 Å². The molecule has 14 heavy (non-hydrogen) atoms. The molecule has 1 rings (SSSR count). The molecule has 0 aliphatic carbocycles. The quantitative estimate of drug-likeness (QED) is 0.709. The molecule has 1 nitrogen and oxygen atoms in total. The molecular weight excluding hydrogens is 169 g/mol. The monoisotopic (exact) mass is 187 g/mol. The minimum absolute atomic E-state index is 0.342. The maximum Gasteiger partial charge on any atom is 0.114 e. The summed E-state index contributed by atoms with van der Waals surface area (Å²) in [6.07, 6.45) is 1.15. The number of nitrogens with one attached hydrogen (secondary N) is 1. The third-order valence-electron chi connectivity index (χ3n) is 2.52. The molecule has 0 heterocycles. The van der Waals surface area contributed by atoms with Crippen LogP contribution in [0.4, 0.5) is 0 Å². The molecule has 2 heteroatoms. The fourth-order valence-corrected chi connectivity index (χ4v) is 1.55. The van der Waals surface area contributed by atoms with Gasteiger partial charge in [-0.15, -0.1) is 0 Å². The Kier molecular flexibility index (Phi) is 4.21. The first-order chi connectivity index (χ1) is 6.66. The molecule has 0 saturated heterocycles. The maximum absolute atomic E-state index is 6.02. The second kappa shape index (κ2) is 5.21. The smallest absolute Gasteiger partial charge is 0.114 e. The Morgan fingerprint density at radius 3 is 2.79 bits per heavy atom. The summed E-state index contributed by atoms with van der Waals surface area (Å²) in [5.41, 5.74) is 3.29. The van der Waals surface area contributed by atoms with Gasteiger partial charge in [0.15, 0.2) is 0 Å². The summed E-state index contributed by atoms with van der Waals surface area (Å²) in [5, 5.41) is 3.44. The number of hydrogen-bond donors (Lipinski definition) is 1. The summed E-state index contributed by atoms with van der Waals surface area (Å²) in [4.78, 5) is 0. The van der Waals surface area contributed by atoms with Crippen LogP contribution in [0.15, 0.2) is 18.2 Å². The maximum atomic E-state index is 6.02. The van der Waals surface area contributed by atoms with Gasteiger partial charge in [-0.3, -0.25) is 0 Å². The predicted octanol–water partition coefficient (Wildman–Crippen LogP) is 1.85. The molecule has 0 bridgehead atoms. The molecule has 1 N–H and O–H groups in total. The van der Waals surface area contributed by atoms with Crippen molar-refractivity contribution in [2.75, 3.05) is 6.54 Å². The van der Waals surface area contributed by atoms with Crippen LogP contribution in [0.3, 0.4) is 0 Å². The van der Waals surface area contributed by atoms with Crippen LogP contribution >= 0.6 is 0 Å². The van der Waals surface area contributed by atoms with E-state index >= 15 is 0 Å². The molecule has 0 amide bonds. The van der Waals surface area contributed by atoms with Crippen molar-refractivity contribution in [3.63, 3.8) is 0 Å². The molecule has 1 aromatic rings. The second-order valence-corrected chi connectivity index (χ2v) is 3.75. The molecule has 0 saturated carbocycles. The number of hydrogen-bond acceptors (Lipinski definition) is 1. The van der Waals surface area contributed by atoms with E-state index in [9.17, 15) is 0 Å². The first-order valence-electron chi connectivity index (χ1n) is 5.25. The van der Waals surface area contributed by atoms with Crippen molar-refractivity contribution >= 4 is 13.3 Å². The summed E-state index contributed by atoms with van der Waals surface area (Å²) in [7, 11) is 6.02. The highest BCUT2D eigenvalue weighted by molar-refractivity contribution is 6.34. The standard InChI is InChI=1S/C12H18BN/c1-4-8-14-10(3)11-7-5-6-9(2)12(11)13/h5-7,10,14H,4,8H2,1-3H3/t10-/m1/s1. The molecule has 0 aromatic heterocycles. The lowest BCUT2D eigenvalue weighted by molar-refractivity contribution is 0.573. The molecular formula is C12H18BN. The highest BCUT2D eigenvalue weighted by Crippen LogP contribution is 2.10. The van der Waals surface area contributed by atoms with E-state index in [1.165, 1.54) is 5.56 Å². The van der Waals surface area contributed by atoms with Crippen molar-refractivity contribution in [1.82, 2.24) is 5.32 Å². The minimum atomic E-state index is 0.342.